The zero-order valence-corrected chi connectivity index (χ0v) is 19.4. The van der Waals surface area contributed by atoms with Crippen LogP contribution in [0.4, 0.5) is 0 Å². The van der Waals surface area contributed by atoms with E-state index >= 15 is 0 Å². The molecular weight excluding hydrogens is 339 g/mol. The predicted octanol–water partition coefficient (Wildman–Crippen LogP) is 1.38. The summed E-state index contributed by atoms with van der Waals surface area (Å²) in [4.78, 5) is 0. The van der Waals surface area contributed by atoms with E-state index in [1.54, 1.807) is 0 Å². The van der Waals surface area contributed by atoms with E-state index in [-0.39, 0.29) is 57.8 Å². The zero-order chi connectivity index (χ0) is 16.8. The van der Waals surface area contributed by atoms with Gasteiger partial charge < -0.3 is 9.66 Å². The molecular formula is C17H35KO4S. The summed E-state index contributed by atoms with van der Waals surface area (Å²) in [6.07, 6.45) is 11.3. The van der Waals surface area contributed by atoms with Crippen molar-refractivity contribution in [3.63, 3.8) is 0 Å². The first kappa shape index (κ1) is 26.7. The second kappa shape index (κ2) is 16.9. The average molecular weight is 375 g/mol. The van der Waals surface area contributed by atoms with Gasteiger partial charge in [-0.25, -0.2) is 8.42 Å². The van der Waals surface area contributed by atoms with E-state index in [4.69, 9.17) is 0 Å². The quantitative estimate of drug-likeness (QED) is 0.267. The van der Waals surface area contributed by atoms with Gasteiger partial charge in [-0.2, -0.15) is 0 Å². The monoisotopic (exact) mass is 374 g/mol. The Hall–Kier alpha value is 1.51. The maximum absolute atomic E-state index is 11.3. The van der Waals surface area contributed by atoms with Crippen LogP contribution in [0.5, 0.6) is 0 Å². The molecule has 0 rings (SSSR count). The fraction of sp³-hybridized carbons (Fsp3) is 1.00. The van der Waals surface area contributed by atoms with Crippen molar-refractivity contribution in [2.45, 2.75) is 109 Å². The van der Waals surface area contributed by atoms with E-state index in [9.17, 15) is 18.1 Å². The third-order valence-corrected chi connectivity index (χ3v) is 5.46. The van der Waals surface area contributed by atoms with Gasteiger partial charge in [0.05, 0.1) is 21.5 Å². The standard InChI is InChI=1S/C17H36O4S.K/c1-3-5-7-8-9-10-12-13-16(18)15-17(22(19,20)21)14-11-6-4-2;/h16-18H,3-15H2,1-2H3,(H,19,20,21);/q;+1/p-1. The molecule has 0 saturated carbocycles. The van der Waals surface area contributed by atoms with Crippen molar-refractivity contribution < 1.29 is 69.5 Å². The van der Waals surface area contributed by atoms with E-state index in [2.05, 4.69) is 6.92 Å². The fourth-order valence-electron chi connectivity index (χ4n) is 2.76. The van der Waals surface area contributed by atoms with Gasteiger partial charge in [0.25, 0.3) is 0 Å². The number of hydrogen-bond acceptors (Lipinski definition) is 4. The molecule has 2 unspecified atom stereocenters. The molecule has 0 heterocycles. The smallest absolute Gasteiger partial charge is 0.748 e. The van der Waals surface area contributed by atoms with E-state index in [0.29, 0.717) is 12.8 Å². The van der Waals surface area contributed by atoms with Crippen LogP contribution in [-0.2, 0) is 10.1 Å². The van der Waals surface area contributed by atoms with Crippen molar-refractivity contribution in [2.24, 2.45) is 0 Å². The van der Waals surface area contributed by atoms with Crippen LogP contribution in [0.3, 0.4) is 0 Å². The first-order chi connectivity index (χ1) is 10.4. The van der Waals surface area contributed by atoms with Crippen molar-refractivity contribution in [3.05, 3.63) is 0 Å². The van der Waals surface area contributed by atoms with E-state index in [1.165, 1.54) is 32.1 Å². The van der Waals surface area contributed by atoms with Crippen molar-refractivity contribution in [3.8, 4) is 0 Å². The first-order valence-electron chi connectivity index (χ1n) is 9.04. The van der Waals surface area contributed by atoms with Crippen LogP contribution >= 0.6 is 0 Å². The fourth-order valence-corrected chi connectivity index (χ4v) is 3.67. The Morgan fingerprint density at radius 1 is 0.826 bits per heavy atom. The SMILES string of the molecule is CCCCCCCCCC(O)CC(CCCCC)S(=O)(=O)[O-].[K+]. The molecule has 0 saturated heterocycles. The van der Waals surface area contributed by atoms with E-state index < -0.39 is 21.5 Å². The number of aliphatic hydroxyl groups excluding tert-OH is 1. The van der Waals surface area contributed by atoms with Gasteiger partial charge in [-0.1, -0.05) is 78.1 Å². The minimum absolute atomic E-state index is 0. The molecule has 0 aromatic rings. The van der Waals surface area contributed by atoms with Gasteiger partial charge in [0.1, 0.15) is 0 Å². The van der Waals surface area contributed by atoms with E-state index in [1.807, 2.05) is 6.92 Å². The molecule has 134 valence electrons. The van der Waals surface area contributed by atoms with Crippen LogP contribution < -0.4 is 51.4 Å². The van der Waals surface area contributed by atoms with Crippen molar-refractivity contribution in [1.82, 2.24) is 0 Å². The summed E-state index contributed by atoms with van der Waals surface area (Å²) in [6, 6.07) is 0. The summed E-state index contributed by atoms with van der Waals surface area (Å²) in [5.41, 5.74) is 0. The molecule has 0 spiro atoms. The second-order valence-corrected chi connectivity index (χ2v) is 8.06. The molecule has 2 atom stereocenters. The topological polar surface area (TPSA) is 77.4 Å². The Kier molecular flexibility index (Phi) is 19.7. The van der Waals surface area contributed by atoms with Crippen molar-refractivity contribution in [1.29, 1.82) is 0 Å². The maximum Gasteiger partial charge on any atom is 1.00 e. The van der Waals surface area contributed by atoms with Gasteiger partial charge in [-0.3, -0.25) is 0 Å². The summed E-state index contributed by atoms with van der Waals surface area (Å²) in [5, 5.41) is 9.06. The second-order valence-electron chi connectivity index (χ2n) is 6.41. The summed E-state index contributed by atoms with van der Waals surface area (Å²) < 4.78 is 33.8. The Labute approximate surface area is 186 Å². The minimum Gasteiger partial charge on any atom is -0.748 e. The number of unbranched alkanes of at least 4 members (excludes halogenated alkanes) is 8. The number of aliphatic hydroxyl groups is 1. The van der Waals surface area contributed by atoms with Gasteiger partial charge >= 0.3 is 51.4 Å². The molecule has 0 aliphatic rings. The molecule has 0 amide bonds. The van der Waals surface area contributed by atoms with Gasteiger partial charge in [0.15, 0.2) is 0 Å². The molecule has 0 bridgehead atoms. The molecule has 0 aromatic heterocycles. The Morgan fingerprint density at radius 2 is 1.26 bits per heavy atom. The predicted molar refractivity (Wildman–Crippen MR) is 90.9 cm³/mol. The number of hydrogen-bond donors (Lipinski definition) is 1. The number of rotatable bonds is 15. The Bertz CT molecular complexity index is 347. The van der Waals surface area contributed by atoms with Crippen molar-refractivity contribution in [2.75, 3.05) is 0 Å². The van der Waals surface area contributed by atoms with Crippen LogP contribution in [0.1, 0.15) is 97.3 Å². The van der Waals surface area contributed by atoms with Gasteiger partial charge in [0.2, 0.25) is 0 Å². The molecule has 1 N–H and O–H groups in total. The van der Waals surface area contributed by atoms with Crippen LogP contribution in [0, 0.1) is 0 Å². The van der Waals surface area contributed by atoms with Crippen LogP contribution in [0.25, 0.3) is 0 Å². The molecule has 6 heteroatoms. The molecule has 4 nitrogen and oxygen atoms in total. The Balaban J connectivity index is 0. The molecule has 0 aliphatic carbocycles. The summed E-state index contributed by atoms with van der Waals surface area (Å²) in [5.74, 6) is 0. The van der Waals surface area contributed by atoms with Gasteiger partial charge in [-0.15, -0.1) is 0 Å². The van der Waals surface area contributed by atoms with Crippen molar-refractivity contribution >= 4 is 10.1 Å². The van der Waals surface area contributed by atoms with Crippen LogP contribution in [0.2, 0.25) is 0 Å². The molecule has 0 aliphatic heterocycles. The Morgan fingerprint density at radius 3 is 1.78 bits per heavy atom. The third-order valence-electron chi connectivity index (χ3n) is 4.21. The first-order valence-corrected chi connectivity index (χ1v) is 10.5. The average Bonchev–Trinajstić information content (AvgIpc) is 2.44. The largest absolute Gasteiger partial charge is 1.00 e. The maximum atomic E-state index is 11.3. The van der Waals surface area contributed by atoms with Crippen LogP contribution in [0.15, 0.2) is 0 Å². The molecule has 23 heavy (non-hydrogen) atoms. The van der Waals surface area contributed by atoms with Gasteiger partial charge in [-0.05, 0) is 19.3 Å². The minimum atomic E-state index is -4.30. The summed E-state index contributed by atoms with van der Waals surface area (Å²) in [6.45, 7) is 4.23. The molecule has 0 radical (unpaired) electrons. The molecule has 0 aromatic carbocycles. The van der Waals surface area contributed by atoms with Gasteiger partial charge in [0, 0.05) is 0 Å². The molecule has 0 fully saturated rings. The van der Waals surface area contributed by atoms with E-state index in [0.717, 1.165) is 32.1 Å². The zero-order valence-electron chi connectivity index (χ0n) is 15.4. The summed E-state index contributed by atoms with van der Waals surface area (Å²) in [7, 11) is -4.30. The third kappa shape index (κ3) is 16.7. The van der Waals surface area contributed by atoms with Crippen LogP contribution in [-0.4, -0.2) is 29.4 Å². The summed E-state index contributed by atoms with van der Waals surface area (Å²) >= 11 is 0. The normalized spacial score (nSPS) is 14.3.